The monoisotopic (exact) mass is 240 g/mol. The molecule has 1 aliphatic heterocycles. The first-order valence-corrected chi connectivity index (χ1v) is 6.80. The molecule has 1 unspecified atom stereocenters. The second-order valence-electron chi connectivity index (χ2n) is 5.70. The molecule has 1 saturated carbocycles. The van der Waals surface area contributed by atoms with E-state index in [1.54, 1.807) is 0 Å². The maximum Gasteiger partial charge on any atom is 0.223 e. The van der Waals surface area contributed by atoms with Gasteiger partial charge >= 0.3 is 0 Å². The Hall–Kier alpha value is -0.610. The lowest BCUT2D eigenvalue weighted by atomic mass is 9.81. The minimum absolute atomic E-state index is 0.0570. The second kappa shape index (κ2) is 5.36. The zero-order valence-corrected chi connectivity index (χ0v) is 10.7. The Morgan fingerprint density at radius 3 is 2.53 bits per heavy atom. The number of rotatable bonds is 4. The SMILES string of the molecule is CC(C(=O)NC1(CO)CCCCC1)C1CNC1. The van der Waals surface area contributed by atoms with E-state index in [4.69, 9.17) is 0 Å². The Morgan fingerprint density at radius 1 is 1.41 bits per heavy atom. The second-order valence-corrected chi connectivity index (χ2v) is 5.70. The molecule has 0 aromatic carbocycles. The van der Waals surface area contributed by atoms with Crippen molar-refractivity contribution in [2.45, 2.75) is 44.6 Å². The minimum atomic E-state index is -0.333. The molecule has 3 N–H and O–H groups in total. The summed E-state index contributed by atoms with van der Waals surface area (Å²) >= 11 is 0. The maximum atomic E-state index is 12.2. The number of amides is 1. The molecule has 4 heteroatoms. The molecule has 1 atom stereocenters. The van der Waals surface area contributed by atoms with E-state index in [-0.39, 0.29) is 24.0 Å². The fraction of sp³-hybridized carbons (Fsp3) is 0.923. The lowest BCUT2D eigenvalue weighted by molar-refractivity contribution is -0.129. The van der Waals surface area contributed by atoms with Crippen LogP contribution in [0.1, 0.15) is 39.0 Å². The quantitative estimate of drug-likeness (QED) is 0.676. The minimum Gasteiger partial charge on any atom is -0.394 e. The van der Waals surface area contributed by atoms with Gasteiger partial charge in [0.1, 0.15) is 0 Å². The molecular weight excluding hydrogens is 216 g/mol. The summed E-state index contributed by atoms with van der Waals surface area (Å²) in [4.78, 5) is 12.2. The molecule has 1 aliphatic carbocycles. The molecule has 0 aromatic heterocycles. The molecule has 2 fully saturated rings. The zero-order valence-electron chi connectivity index (χ0n) is 10.7. The highest BCUT2D eigenvalue weighted by Crippen LogP contribution is 2.28. The average molecular weight is 240 g/mol. The molecule has 4 nitrogen and oxygen atoms in total. The van der Waals surface area contributed by atoms with Crippen molar-refractivity contribution in [1.82, 2.24) is 10.6 Å². The summed E-state index contributed by atoms with van der Waals surface area (Å²) in [6, 6.07) is 0. The van der Waals surface area contributed by atoms with Crippen molar-refractivity contribution < 1.29 is 9.90 Å². The van der Waals surface area contributed by atoms with Crippen LogP contribution in [0.5, 0.6) is 0 Å². The topological polar surface area (TPSA) is 61.4 Å². The summed E-state index contributed by atoms with van der Waals surface area (Å²) in [6.07, 6.45) is 5.29. The molecule has 2 aliphatic rings. The largest absolute Gasteiger partial charge is 0.394 e. The smallest absolute Gasteiger partial charge is 0.223 e. The Balaban J connectivity index is 1.90. The molecule has 0 spiro atoms. The van der Waals surface area contributed by atoms with Gasteiger partial charge in [-0.25, -0.2) is 0 Å². The van der Waals surface area contributed by atoms with Gasteiger partial charge in [0.25, 0.3) is 0 Å². The first-order chi connectivity index (χ1) is 8.17. The molecule has 0 aromatic rings. The summed E-state index contributed by atoms with van der Waals surface area (Å²) in [6.45, 7) is 3.96. The maximum absolute atomic E-state index is 12.2. The third-order valence-corrected chi connectivity index (χ3v) is 4.44. The van der Waals surface area contributed by atoms with E-state index in [1.807, 2.05) is 6.92 Å². The molecule has 1 heterocycles. The molecule has 0 radical (unpaired) electrons. The van der Waals surface area contributed by atoms with Gasteiger partial charge in [0.15, 0.2) is 0 Å². The zero-order chi connectivity index (χ0) is 12.3. The van der Waals surface area contributed by atoms with Crippen molar-refractivity contribution in [1.29, 1.82) is 0 Å². The summed E-state index contributed by atoms with van der Waals surface area (Å²) in [5.41, 5.74) is -0.333. The van der Waals surface area contributed by atoms with Crippen molar-refractivity contribution in [3.63, 3.8) is 0 Å². The van der Waals surface area contributed by atoms with E-state index < -0.39 is 0 Å². The van der Waals surface area contributed by atoms with Gasteiger partial charge in [0.05, 0.1) is 12.1 Å². The summed E-state index contributed by atoms with van der Waals surface area (Å²) < 4.78 is 0. The van der Waals surface area contributed by atoms with Crippen LogP contribution in [0, 0.1) is 11.8 Å². The summed E-state index contributed by atoms with van der Waals surface area (Å²) in [7, 11) is 0. The van der Waals surface area contributed by atoms with Crippen LogP contribution in [0.25, 0.3) is 0 Å². The van der Waals surface area contributed by atoms with E-state index in [2.05, 4.69) is 10.6 Å². The highest BCUT2D eigenvalue weighted by Gasteiger charge is 2.36. The molecule has 1 amide bonds. The summed E-state index contributed by atoms with van der Waals surface area (Å²) in [5.74, 6) is 0.642. The van der Waals surface area contributed by atoms with E-state index in [0.29, 0.717) is 5.92 Å². The number of hydrogen-bond donors (Lipinski definition) is 3. The van der Waals surface area contributed by atoms with Crippen LogP contribution in [0.4, 0.5) is 0 Å². The number of nitrogens with one attached hydrogen (secondary N) is 2. The number of aliphatic hydroxyl groups excluding tert-OH is 1. The third-order valence-electron chi connectivity index (χ3n) is 4.44. The third kappa shape index (κ3) is 2.80. The number of hydrogen-bond acceptors (Lipinski definition) is 3. The van der Waals surface area contributed by atoms with Crippen molar-refractivity contribution >= 4 is 5.91 Å². The predicted octanol–water partition coefficient (Wildman–Crippen LogP) is 0.653. The normalized spacial score (nSPS) is 26.0. The Morgan fingerprint density at radius 2 is 2.06 bits per heavy atom. The average Bonchev–Trinajstić information content (AvgIpc) is 2.28. The molecule has 2 rings (SSSR count). The Bertz CT molecular complexity index is 271. The van der Waals surface area contributed by atoms with Crippen LogP contribution in [0.15, 0.2) is 0 Å². The summed E-state index contributed by atoms with van der Waals surface area (Å²) in [5, 5.41) is 15.9. The standard InChI is InChI=1S/C13H24N2O2/c1-10(11-7-14-8-11)12(17)15-13(9-16)5-3-2-4-6-13/h10-11,14,16H,2-9H2,1H3,(H,15,17). The van der Waals surface area contributed by atoms with Crippen LogP contribution in [-0.2, 0) is 4.79 Å². The van der Waals surface area contributed by atoms with E-state index in [9.17, 15) is 9.90 Å². The van der Waals surface area contributed by atoms with Gasteiger partial charge in [-0.15, -0.1) is 0 Å². The van der Waals surface area contributed by atoms with Gasteiger partial charge in [0.2, 0.25) is 5.91 Å². The van der Waals surface area contributed by atoms with Gasteiger partial charge in [0, 0.05) is 5.92 Å². The fourth-order valence-corrected chi connectivity index (χ4v) is 2.81. The van der Waals surface area contributed by atoms with E-state index >= 15 is 0 Å². The fourth-order valence-electron chi connectivity index (χ4n) is 2.81. The van der Waals surface area contributed by atoms with Gasteiger partial charge < -0.3 is 15.7 Å². The van der Waals surface area contributed by atoms with Gasteiger partial charge in [-0.3, -0.25) is 4.79 Å². The van der Waals surface area contributed by atoms with E-state index in [1.165, 1.54) is 6.42 Å². The van der Waals surface area contributed by atoms with Crippen molar-refractivity contribution in [3.8, 4) is 0 Å². The molecule has 0 bridgehead atoms. The van der Waals surface area contributed by atoms with Crippen molar-refractivity contribution in [3.05, 3.63) is 0 Å². The first kappa shape index (κ1) is 12.8. The lowest BCUT2D eigenvalue weighted by Gasteiger charge is -2.39. The molecular formula is C13H24N2O2. The molecule has 98 valence electrons. The van der Waals surface area contributed by atoms with Crippen LogP contribution in [0.2, 0.25) is 0 Å². The van der Waals surface area contributed by atoms with Gasteiger partial charge in [-0.1, -0.05) is 26.2 Å². The van der Waals surface area contributed by atoms with Crippen molar-refractivity contribution in [2.24, 2.45) is 11.8 Å². The van der Waals surface area contributed by atoms with Gasteiger partial charge in [-0.05, 0) is 31.8 Å². The molecule has 1 saturated heterocycles. The van der Waals surface area contributed by atoms with E-state index in [0.717, 1.165) is 38.8 Å². The van der Waals surface area contributed by atoms with Crippen LogP contribution >= 0.6 is 0 Å². The number of carbonyl (C=O) groups is 1. The Labute approximate surface area is 103 Å². The van der Waals surface area contributed by atoms with Crippen LogP contribution in [-0.4, -0.2) is 36.2 Å². The van der Waals surface area contributed by atoms with Crippen LogP contribution < -0.4 is 10.6 Å². The van der Waals surface area contributed by atoms with Crippen LogP contribution in [0.3, 0.4) is 0 Å². The Kier molecular flexibility index (Phi) is 4.05. The number of aliphatic hydroxyl groups is 1. The highest BCUT2D eigenvalue weighted by molar-refractivity contribution is 5.79. The highest BCUT2D eigenvalue weighted by atomic mass is 16.3. The first-order valence-electron chi connectivity index (χ1n) is 6.80. The molecule has 17 heavy (non-hydrogen) atoms. The predicted molar refractivity (Wildman–Crippen MR) is 66.6 cm³/mol. The lowest BCUT2D eigenvalue weighted by Crippen LogP contribution is -2.57. The van der Waals surface area contributed by atoms with Crippen molar-refractivity contribution in [2.75, 3.05) is 19.7 Å². The number of carbonyl (C=O) groups excluding carboxylic acids is 1. The van der Waals surface area contributed by atoms with Gasteiger partial charge in [-0.2, -0.15) is 0 Å².